The van der Waals surface area contributed by atoms with Crippen molar-refractivity contribution in [2.24, 2.45) is 0 Å². The van der Waals surface area contributed by atoms with E-state index in [1.807, 2.05) is 84.9 Å². The van der Waals surface area contributed by atoms with Gasteiger partial charge in [-0.3, -0.25) is 14.3 Å². The fourth-order valence-electron chi connectivity index (χ4n) is 6.33. The number of ether oxygens (including phenoxy) is 3. The number of aliphatic hydroxyl groups excluding tert-OH is 2. The number of rotatable bonds is 11. The smallest absolute Gasteiger partial charge is 0.280 e. The van der Waals surface area contributed by atoms with E-state index in [4.69, 9.17) is 35.0 Å². The first-order valence-electron chi connectivity index (χ1n) is 15.5. The fraction of sp³-hybridized carbons (Fsp3) is 0.294. The molecule has 2 aromatic heterocycles. The molecule has 5 aromatic rings. The SMILES string of the molecule is COc1ccccc1C(c1ccccc1)(c1ccccc1OC)C(O)[C@H]1O[C@@H](n2cnc3c(=O)[nH]c(N)nc32)C[C@@H]1O.N#CCCNP(O)O. The Labute approximate surface area is 288 Å². The van der Waals surface area contributed by atoms with Crippen LogP contribution < -0.4 is 25.9 Å². The van der Waals surface area contributed by atoms with Crippen LogP contribution >= 0.6 is 8.53 Å². The number of aromatic nitrogens is 4. The molecule has 3 heterocycles. The first-order valence-corrected chi connectivity index (χ1v) is 16.8. The lowest BCUT2D eigenvalue weighted by Gasteiger charge is -2.43. The van der Waals surface area contributed by atoms with Crippen LogP contribution in [0.25, 0.3) is 11.2 Å². The molecule has 3 aromatic carbocycles. The number of nitrogens with one attached hydrogen (secondary N) is 2. The predicted molar refractivity (Wildman–Crippen MR) is 185 cm³/mol. The minimum atomic E-state index is -2.01. The van der Waals surface area contributed by atoms with Gasteiger partial charge in [-0.25, -0.2) is 10.1 Å². The highest BCUT2D eigenvalue weighted by Gasteiger charge is 2.54. The molecule has 1 saturated heterocycles. The molecule has 1 aliphatic rings. The van der Waals surface area contributed by atoms with Gasteiger partial charge in [-0.15, -0.1) is 0 Å². The number of nitrogens with two attached hydrogens (primary N) is 1. The normalized spacial score (nSPS) is 17.9. The number of aromatic amines is 1. The quantitative estimate of drug-likeness (QED) is 0.0596. The average Bonchev–Trinajstić information content (AvgIpc) is 3.73. The van der Waals surface area contributed by atoms with E-state index >= 15 is 0 Å². The van der Waals surface area contributed by atoms with E-state index in [0.717, 1.165) is 5.56 Å². The molecule has 15 nitrogen and oxygen atoms in total. The summed E-state index contributed by atoms with van der Waals surface area (Å²) in [5, 5.41) is 34.3. The minimum Gasteiger partial charge on any atom is -0.496 e. The van der Waals surface area contributed by atoms with Crippen LogP contribution in [0.5, 0.6) is 11.5 Å². The highest BCUT2D eigenvalue weighted by Crippen LogP contribution is 2.51. The second kappa shape index (κ2) is 16.2. The average molecular weight is 704 g/mol. The van der Waals surface area contributed by atoms with E-state index < -0.39 is 44.0 Å². The summed E-state index contributed by atoms with van der Waals surface area (Å²) in [5.74, 6) is 1.00. The minimum absolute atomic E-state index is 0.0696. The van der Waals surface area contributed by atoms with E-state index in [2.05, 4.69) is 20.0 Å². The number of nitrogens with zero attached hydrogens (tertiary/aromatic N) is 4. The Balaban J connectivity index is 0.000000544. The molecule has 0 radical (unpaired) electrons. The Morgan fingerprint density at radius 1 is 1.08 bits per heavy atom. The number of hydrogen-bond acceptors (Lipinski definition) is 13. The highest BCUT2D eigenvalue weighted by molar-refractivity contribution is 7.42. The van der Waals surface area contributed by atoms with Crippen LogP contribution in [0.1, 0.15) is 35.8 Å². The molecule has 1 aliphatic heterocycles. The number of para-hydroxylation sites is 2. The van der Waals surface area contributed by atoms with Gasteiger partial charge in [-0.05, 0) is 17.7 Å². The molecule has 262 valence electrons. The summed E-state index contributed by atoms with van der Waals surface area (Å²) in [6.07, 6.45) is -2.52. The third kappa shape index (κ3) is 7.18. The molecule has 0 saturated carbocycles. The third-order valence-electron chi connectivity index (χ3n) is 8.44. The van der Waals surface area contributed by atoms with Crippen molar-refractivity contribution in [3.05, 3.63) is 112 Å². The lowest BCUT2D eigenvalue weighted by atomic mass is 9.63. The summed E-state index contributed by atoms with van der Waals surface area (Å²) in [5.41, 5.74) is 6.35. The van der Waals surface area contributed by atoms with E-state index in [1.165, 1.54) is 6.33 Å². The van der Waals surface area contributed by atoms with Crippen molar-refractivity contribution >= 4 is 25.6 Å². The Morgan fingerprint density at radius 3 is 2.26 bits per heavy atom. The number of aliphatic hydroxyl groups is 2. The molecule has 4 atom stereocenters. The maximum absolute atomic E-state index is 12.6. The van der Waals surface area contributed by atoms with Crippen molar-refractivity contribution in [2.75, 3.05) is 26.5 Å². The fourth-order valence-corrected chi connectivity index (χ4v) is 6.64. The van der Waals surface area contributed by atoms with Crippen LogP contribution in [0.3, 0.4) is 0 Å². The molecule has 8 N–H and O–H groups in total. The van der Waals surface area contributed by atoms with Crippen molar-refractivity contribution in [3.63, 3.8) is 0 Å². The van der Waals surface area contributed by atoms with Crippen LogP contribution in [0, 0.1) is 11.3 Å². The van der Waals surface area contributed by atoms with Gasteiger partial charge in [0, 0.05) is 30.5 Å². The first kappa shape index (κ1) is 36.4. The zero-order valence-electron chi connectivity index (χ0n) is 27.2. The standard InChI is InChI=1S/C31H31N5O6.C3H7N2O2P/c1-40-22-14-8-6-12-19(22)31(18-10-4-3-5-11-18,20-13-7-9-15-23(20)41-2)27(38)26-21(37)16-24(42-26)36-17-33-25-28(36)34-30(32)35-29(25)39;4-2-1-3-5-8(6)7/h3-15,17,21,24,26-27,37-38H,16H2,1-2H3,(H3,32,34,35,39);5-7H,1,3H2/t21-,24+,26-,27?;/m0./s1. The van der Waals surface area contributed by atoms with Crippen molar-refractivity contribution in [1.29, 1.82) is 5.26 Å². The summed E-state index contributed by atoms with van der Waals surface area (Å²) in [6, 6.07) is 26.3. The maximum atomic E-state index is 12.6. The van der Waals surface area contributed by atoms with Crippen molar-refractivity contribution < 1.29 is 34.2 Å². The summed E-state index contributed by atoms with van der Waals surface area (Å²) in [6.45, 7) is 0.342. The Kier molecular flexibility index (Phi) is 11.8. The van der Waals surface area contributed by atoms with Gasteiger partial charge >= 0.3 is 0 Å². The van der Waals surface area contributed by atoms with Gasteiger partial charge < -0.3 is 39.9 Å². The monoisotopic (exact) mass is 703 g/mol. The van der Waals surface area contributed by atoms with E-state index in [0.29, 0.717) is 35.6 Å². The third-order valence-corrected chi connectivity index (χ3v) is 8.94. The van der Waals surface area contributed by atoms with Crippen LogP contribution in [0.2, 0.25) is 0 Å². The zero-order chi connectivity index (χ0) is 35.8. The molecular weight excluding hydrogens is 665 g/mol. The molecule has 0 bridgehead atoms. The van der Waals surface area contributed by atoms with Crippen molar-refractivity contribution in [2.45, 2.75) is 42.8 Å². The molecule has 16 heteroatoms. The number of imidazole rings is 1. The highest BCUT2D eigenvalue weighted by atomic mass is 31.2. The van der Waals surface area contributed by atoms with Gasteiger partial charge in [-0.1, -0.05) is 66.7 Å². The lowest BCUT2D eigenvalue weighted by Crippen LogP contribution is -2.51. The molecule has 6 rings (SSSR count). The Hall–Kier alpha value is -4.91. The largest absolute Gasteiger partial charge is 0.496 e. The van der Waals surface area contributed by atoms with Crippen molar-refractivity contribution in [3.8, 4) is 17.6 Å². The van der Waals surface area contributed by atoms with Crippen LogP contribution in [0.4, 0.5) is 5.95 Å². The predicted octanol–water partition coefficient (Wildman–Crippen LogP) is 2.46. The maximum Gasteiger partial charge on any atom is 0.280 e. The zero-order valence-corrected chi connectivity index (χ0v) is 28.1. The Bertz CT molecular complexity index is 1940. The summed E-state index contributed by atoms with van der Waals surface area (Å²) in [4.78, 5) is 39.6. The van der Waals surface area contributed by atoms with Gasteiger partial charge in [0.15, 0.2) is 11.2 Å². The molecule has 0 spiro atoms. The van der Waals surface area contributed by atoms with E-state index in [-0.39, 0.29) is 23.5 Å². The van der Waals surface area contributed by atoms with Gasteiger partial charge in [0.2, 0.25) is 14.5 Å². The van der Waals surface area contributed by atoms with Crippen LogP contribution in [0.15, 0.2) is 90.0 Å². The number of benzene rings is 3. The molecule has 0 amide bonds. The molecule has 1 fully saturated rings. The van der Waals surface area contributed by atoms with Crippen LogP contribution in [-0.4, -0.2) is 78.6 Å². The second-order valence-corrected chi connectivity index (χ2v) is 12.2. The number of H-pyrrole nitrogens is 1. The lowest BCUT2D eigenvalue weighted by molar-refractivity contribution is -0.0963. The van der Waals surface area contributed by atoms with Gasteiger partial charge in [0.05, 0.1) is 38.1 Å². The van der Waals surface area contributed by atoms with Crippen molar-refractivity contribution in [1.82, 2.24) is 24.6 Å². The topological polar surface area (TPSA) is 234 Å². The number of hydrogen-bond donors (Lipinski definition) is 7. The number of anilines is 1. The number of fused-ring (bicyclic) bond motifs is 1. The molecule has 1 unspecified atom stereocenters. The second-order valence-electron chi connectivity index (χ2n) is 11.3. The summed E-state index contributed by atoms with van der Waals surface area (Å²) < 4.78 is 19.7. The van der Waals surface area contributed by atoms with Gasteiger partial charge in [-0.2, -0.15) is 10.2 Å². The van der Waals surface area contributed by atoms with Gasteiger partial charge in [0.25, 0.3) is 5.56 Å². The number of nitrogen functional groups attached to an aromatic ring is 1. The molecular formula is C34H38N7O8P. The van der Waals surface area contributed by atoms with Crippen LogP contribution in [-0.2, 0) is 10.2 Å². The Morgan fingerprint density at radius 2 is 1.68 bits per heavy atom. The summed E-state index contributed by atoms with van der Waals surface area (Å²) >= 11 is 0. The number of nitriles is 1. The molecule has 0 aliphatic carbocycles. The van der Waals surface area contributed by atoms with E-state index in [1.54, 1.807) is 18.8 Å². The molecule has 50 heavy (non-hydrogen) atoms. The first-order chi connectivity index (χ1) is 24.2. The number of methoxy groups -OCH3 is 2. The van der Waals surface area contributed by atoms with E-state index in [9.17, 15) is 15.0 Å². The van der Waals surface area contributed by atoms with Gasteiger partial charge in [0.1, 0.15) is 29.9 Å². The summed E-state index contributed by atoms with van der Waals surface area (Å²) in [7, 11) is 1.14.